The third kappa shape index (κ3) is 6.79. The fraction of sp³-hybridized carbons (Fsp3) is 0.115. The summed E-state index contributed by atoms with van der Waals surface area (Å²) in [6.45, 7) is 0.110. The maximum atomic E-state index is 12.7. The SMILES string of the molecule is O=C(O)CN1C(=O)/C(=C/c2ccc(OCc3ccc(Cl)cc3)cc2OCc2ccc(Cl)cc2)SC1=S. The Labute approximate surface area is 227 Å². The van der Waals surface area contributed by atoms with Gasteiger partial charge < -0.3 is 14.6 Å². The predicted molar refractivity (Wildman–Crippen MR) is 146 cm³/mol. The van der Waals surface area contributed by atoms with Crippen LogP contribution in [0.4, 0.5) is 0 Å². The average molecular weight is 560 g/mol. The van der Waals surface area contributed by atoms with Crippen molar-refractivity contribution >= 4 is 69.5 Å². The molecule has 1 aliphatic rings. The molecule has 4 rings (SSSR count). The highest BCUT2D eigenvalue weighted by Gasteiger charge is 2.33. The molecule has 6 nitrogen and oxygen atoms in total. The van der Waals surface area contributed by atoms with Crippen LogP contribution < -0.4 is 9.47 Å². The molecule has 1 aliphatic heterocycles. The molecule has 1 saturated heterocycles. The number of carboxylic acids is 1. The van der Waals surface area contributed by atoms with Gasteiger partial charge in [-0.1, -0.05) is 71.4 Å². The average Bonchev–Trinajstić information content (AvgIpc) is 3.11. The second-order valence-corrected chi connectivity index (χ2v) is 10.2. The number of benzene rings is 3. The summed E-state index contributed by atoms with van der Waals surface area (Å²) >= 11 is 18.2. The Bertz CT molecular complexity index is 1330. The first-order valence-corrected chi connectivity index (χ1v) is 12.6. The van der Waals surface area contributed by atoms with E-state index < -0.39 is 18.4 Å². The Kier molecular flexibility index (Phi) is 8.53. The summed E-state index contributed by atoms with van der Waals surface area (Å²) in [5.41, 5.74) is 2.48. The minimum Gasteiger partial charge on any atom is -0.489 e. The van der Waals surface area contributed by atoms with Crippen LogP contribution in [0.25, 0.3) is 6.08 Å². The van der Waals surface area contributed by atoms with Crippen molar-refractivity contribution in [2.75, 3.05) is 6.54 Å². The lowest BCUT2D eigenvalue weighted by molar-refractivity contribution is -0.140. The minimum atomic E-state index is -1.14. The standard InChI is InChI=1S/C26H19Cl2NO5S2/c27-19-6-1-16(2-7-19)14-33-21-10-5-18(11-23-25(32)29(13-24(30)31)26(35)36-23)22(12-21)34-15-17-3-8-20(28)9-4-17/h1-12H,13-15H2,(H,30,31)/b23-11-. The first-order valence-electron chi connectivity index (χ1n) is 10.6. The Hall–Kier alpha value is -3.04. The molecule has 10 heteroatoms. The number of thiocarbonyl (C=S) groups is 1. The smallest absolute Gasteiger partial charge is 0.323 e. The van der Waals surface area contributed by atoms with Gasteiger partial charge in [0.05, 0.1) is 4.91 Å². The topological polar surface area (TPSA) is 76.1 Å². The highest BCUT2D eigenvalue weighted by atomic mass is 35.5. The lowest BCUT2D eigenvalue weighted by Gasteiger charge is -2.13. The Balaban J connectivity index is 1.58. The second kappa shape index (κ2) is 11.8. The van der Waals surface area contributed by atoms with E-state index in [1.54, 1.807) is 48.5 Å². The Morgan fingerprint density at radius 2 is 1.53 bits per heavy atom. The Morgan fingerprint density at radius 3 is 2.11 bits per heavy atom. The molecule has 0 saturated carbocycles. The zero-order valence-electron chi connectivity index (χ0n) is 18.6. The number of hydrogen-bond donors (Lipinski definition) is 1. The number of thioether (sulfide) groups is 1. The molecule has 184 valence electrons. The van der Waals surface area contributed by atoms with Crippen LogP contribution in [-0.2, 0) is 22.8 Å². The first-order chi connectivity index (χ1) is 17.3. The molecule has 1 fully saturated rings. The number of hydrogen-bond acceptors (Lipinski definition) is 6. The van der Waals surface area contributed by atoms with Gasteiger partial charge in [-0.05, 0) is 53.6 Å². The van der Waals surface area contributed by atoms with Gasteiger partial charge in [-0.15, -0.1) is 0 Å². The summed E-state index contributed by atoms with van der Waals surface area (Å²) in [6, 6.07) is 19.9. The number of amides is 1. The molecule has 0 unspecified atom stereocenters. The van der Waals surface area contributed by atoms with Crippen molar-refractivity contribution in [2.24, 2.45) is 0 Å². The van der Waals surface area contributed by atoms with Crippen molar-refractivity contribution in [1.29, 1.82) is 0 Å². The quantitative estimate of drug-likeness (QED) is 0.239. The van der Waals surface area contributed by atoms with Crippen molar-refractivity contribution in [2.45, 2.75) is 13.2 Å². The molecular formula is C26H19Cl2NO5S2. The molecule has 1 heterocycles. The van der Waals surface area contributed by atoms with Gasteiger partial charge in [-0.3, -0.25) is 14.5 Å². The molecule has 1 N–H and O–H groups in total. The highest BCUT2D eigenvalue weighted by molar-refractivity contribution is 8.26. The van der Waals surface area contributed by atoms with Gasteiger partial charge >= 0.3 is 5.97 Å². The Morgan fingerprint density at radius 1 is 0.944 bits per heavy atom. The van der Waals surface area contributed by atoms with Crippen LogP contribution in [0.5, 0.6) is 11.5 Å². The predicted octanol–water partition coefficient (Wildman–Crippen LogP) is 6.44. The normalized spacial score (nSPS) is 14.4. The molecule has 3 aromatic rings. The van der Waals surface area contributed by atoms with E-state index in [9.17, 15) is 9.59 Å². The molecule has 0 aliphatic carbocycles. The largest absolute Gasteiger partial charge is 0.489 e. The van der Waals surface area contributed by atoms with Crippen LogP contribution >= 0.6 is 47.2 Å². The highest BCUT2D eigenvalue weighted by Crippen LogP contribution is 2.35. The van der Waals surface area contributed by atoms with Crippen molar-refractivity contribution in [3.05, 3.63) is 98.4 Å². The van der Waals surface area contributed by atoms with Crippen molar-refractivity contribution in [3.63, 3.8) is 0 Å². The van der Waals surface area contributed by atoms with Crippen LogP contribution in [-0.4, -0.2) is 32.7 Å². The molecule has 36 heavy (non-hydrogen) atoms. The zero-order chi connectivity index (χ0) is 25.7. The van der Waals surface area contributed by atoms with Gasteiger partial charge in [-0.2, -0.15) is 0 Å². The summed E-state index contributed by atoms with van der Waals surface area (Å²) in [5.74, 6) is -0.533. The van der Waals surface area contributed by atoms with Gasteiger partial charge in [-0.25, -0.2) is 0 Å². The number of ether oxygens (including phenoxy) is 2. The van der Waals surface area contributed by atoms with E-state index >= 15 is 0 Å². The number of halogens is 2. The lowest BCUT2D eigenvalue weighted by Crippen LogP contribution is -2.33. The van der Waals surface area contributed by atoms with Crippen molar-refractivity contribution in [1.82, 2.24) is 4.90 Å². The summed E-state index contributed by atoms with van der Waals surface area (Å²) in [4.78, 5) is 25.2. The molecule has 0 bridgehead atoms. The summed E-state index contributed by atoms with van der Waals surface area (Å²) < 4.78 is 12.2. The third-order valence-electron chi connectivity index (χ3n) is 5.06. The molecule has 3 aromatic carbocycles. The van der Waals surface area contributed by atoms with Gasteiger partial charge in [0.15, 0.2) is 0 Å². The van der Waals surface area contributed by atoms with Gasteiger partial charge in [0, 0.05) is 21.7 Å². The number of carboxylic acid groups (broad SMARTS) is 1. The fourth-order valence-electron chi connectivity index (χ4n) is 3.25. The lowest BCUT2D eigenvalue weighted by atomic mass is 10.1. The van der Waals surface area contributed by atoms with E-state index in [0.29, 0.717) is 38.6 Å². The van der Waals surface area contributed by atoms with E-state index in [1.165, 1.54) is 0 Å². The second-order valence-electron chi connectivity index (χ2n) is 7.69. The van der Waals surface area contributed by atoms with E-state index in [-0.39, 0.29) is 10.9 Å². The summed E-state index contributed by atoms with van der Waals surface area (Å²) in [5, 5.41) is 10.3. The maximum Gasteiger partial charge on any atom is 0.323 e. The molecule has 1 amide bonds. The number of rotatable bonds is 9. The van der Waals surface area contributed by atoms with Gasteiger partial charge in [0.25, 0.3) is 5.91 Å². The molecule has 0 atom stereocenters. The monoisotopic (exact) mass is 559 g/mol. The van der Waals surface area contributed by atoms with Crippen molar-refractivity contribution in [3.8, 4) is 11.5 Å². The van der Waals surface area contributed by atoms with Crippen LogP contribution in [0.15, 0.2) is 71.6 Å². The van der Waals surface area contributed by atoms with Gasteiger partial charge in [0.1, 0.15) is 35.6 Å². The number of aliphatic carboxylic acids is 1. The molecule has 0 spiro atoms. The minimum absolute atomic E-state index is 0.195. The van der Waals surface area contributed by atoms with Crippen LogP contribution in [0.3, 0.4) is 0 Å². The number of nitrogens with zero attached hydrogens (tertiary/aromatic N) is 1. The van der Waals surface area contributed by atoms with Crippen LogP contribution in [0.2, 0.25) is 10.0 Å². The first kappa shape index (κ1) is 26.0. The van der Waals surface area contributed by atoms with E-state index in [4.69, 9.17) is 50.0 Å². The summed E-state index contributed by atoms with van der Waals surface area (Å²) in [7, 11) is 0. The van der Waals surface area contributed by atoms with E-state index in [2.05, 4.69) is 0 Å². The zero-order valence-corrected chi connectivity index (χ0v) is 21.8. The fourth-order valence-corrected chi connectivity index (χ4v) is 4.75. The third-order valence-corrected chi connectivity index (χ3v) is 6.95. The van der Waals surface area contributed by atoms with Crippen molar-refractivity contribution < 1.29 is 24.2 Å². The molecular weight excluding hydrogens is 541 g/mol. The molecule has 0 aromatic heterocycles. The van der Waals surface area contributed by atoms with E-state index in [1.807, 2.05) is 24.3 Å². The maximum absolute atomic E-state index is 12.7. The number of carbonyl (C=O) groups excluding carboxylic acids is 1. The molecule has 0 radical (unpaired) electrons. The number of carbonyl (C=O) groups is 2. The summed E-state index contributed by atoms with van der Waals surface area (Å²) in [6.07, 6.45) is 1.64. The van der Waals surface area contributed by atoms with Crippen LogP contribution in [0.1, 0.15) is 16.7 Å². The van der Waals surface area contributed by atoms with Gasteiger partial charge in [0.2, 0.25) is 0 Å². The van der Waals surface area contributed by atoms with Crippen LogP contribution in [0, 0.1) is 0 Å². The van der Waals surface area contributed by atoms with E-state index in [0.717, 1.165) is 27.8 Å².